The molecule has 2 aromatic carbocycles. The van der Waals surface area contributed by atoms with Crippen molar-refractivity contribution in [1.29, 1.82) is 0 Å². The molecule has 0 radical (unpaired) electrons. The van der Waals surface area contributed by atoms with Gasteiger partial charge in [-0.2, -0.15) is 4.31 Å². The normalized spacial score (nSPS) is 17.8. The van der Waals surface area contributed by atoms with Gasteiger partial charge in [0.2, 0.25) is 10.0 Å². The lowest BCUT2D eigenvalue weighted by atomic mass is 10.1. The molecular formula is C25H30N4O4S. The molecule has 3 aromatic rings. The molecule has 0 spiro atoms. The highest BCUT2D eigenvalue weighted by molar-refractivity contribution is 7.89. The summed E-state index contributed by atoms with van der Waals surface area (Å²) in [6.07, 6.45) is 6.12. The van der Waals surface area contributed by atoms with Gasteiger partial charge in [-0.3, -0.25) is 4.79 Å². The molecule has 0 bridgehead atoms. The second-order valence-corrected chi connectivity index (χ2v) is 10.4. The minimum Gasteiger partial charge on any atom is -0.495 e. The molecular weight excluding hydrogens is 452 g/mol. The average Bonchev–Trinajstić information content (AvgIpc) is 3.28. The first kappa shape index (κ1) is 24.0. The molecule has 2 atom stereocenters. The number of aromatic nitrogens is 2. The molecule has 34 heavy (non-hydrogen) atoms. The molecule has 1 saturated heterocycles. The minimum atomic E-state index is -3.83. The van der Waals surface area contributed by atoms with E-state index in [1.165, 1.54) is 23.5 Å². The van der Waals surface area contributed by atoms with Crippen molar-refractivity contribution >= 4 is 15.9 Å². The molecule has 2 heterocycles. The van der Waals surface area contributed by atoms with Gasteiger partial charge in [0.05, 0.1) is 7.11 Å². The van der Waals surface area contributed by atoms with Crippen LogP contribution in [0.3, 0.4) is 0 Å². The van der Waals surface area contributed by atoms with Gasteiger partial charge in [0.1, 0.15) is 22.5 Å². The fourth-order valence-corrected chi connectivity index (χ4v) is 6.27. The molecule has 8 nitrogen and oxygen atoms in total. The SMILES string of the molecule is COc1ccc(C(=O)N[C@H](c2ccccc2)c2nccn2C)cc1S(=O)(=O)N1CCCC[C@@H]1C. The van der Waals surface area contributed by atoms with E-state index in [2.05, 4.69) is 10.3 Å². The van der Waals surface area contributed by atoms with Gasteiger partial charge >= 0.3 is 0 Å². The Bertz CT molecular complexity index is 1260. The lowest BCUT2D eigenvalue weighted by Gasteiger charge is -2.32. The molecule has 1 fully saturated rings. The Morgan fingerprint density at radius 2 is 1.94 bits per heavy atom. The van der Waals surface area contributed by atoms with Crippen LogP contribution in [0.4, 0.5) is 0 Å². The molecule has 1 amide bonds. The summed E-state index contributed by atoms with van der Waals surface area (Å²) in [7, 11) is -0.535. The molecule has 0 saturated carbocycles. The third kappa shape index (κ3) is 4.71. The molecule has 4 rings (SSSR count). The predicted octanol–water partition coefficient (Wildman–Crippen LogP) is 3.51. The van der Waals surface area contributed by atoms with Crippen LogP contribution in [-0.2, 0) is 17.1 Å². The fraction of sp³-hybridized carbons (Fsp3) is 0.360. The van der Waals surface area contributed by atoms with E-state index in [0.717, 1.165) is 24.8 Å². The quantitative estimate of drug-likeness (QED) is 0.556. The highest BCUT2D eigenvalue weighted by atomic mass is 32.2. The van der Waals surface area contributed by atoms with Crippen molar-refractivity contribution in [2.75, 3.05) is 13.7 Å². The van der Waals surface area contributed by atoms with Gasteiger partial charge in [0.25, 0.3) is 5.91 Å². The number of methoxy groups -OCH3 is 1. The second kappa shape index (κ2) is 9.99. The Kier molecular flexibility index (Phi) is 7.04. The summed E-state index contributed by atoms with van der Waals surface area (Å²) in [4.78, 5) is 17.8. The van der Waals surface area contributed by atoms with Crippen molar-refractivity contribution in [2.45, 2.75) is 43.2 Å². The number of sulfonamides is 1. The Labute approximate surface area is 200 Å². The first-order valence-corrected chi connectivity index (χ1v) is 12.8. The van der Waals surface area contributed by atoms with E-state index in [1.54, 1.807) is 12.3 Å². The Hall–Kier alpha value is -3.17. The summed E-state index contributed by atoms with van der Waals surface area (Å²) in [6.45, 7) is 2.37. The summed E-state index contributed by atoms with van der Waals surface area (Å²) < 4.78 is 35.8. The van der Waals surface area contributed by atoms with Crippen LogP contribution >= 0.6 is 0 Å². The van der Waals surface area contributed by atoms with Crippen molar-refractivity contribution in [1.82, 2.24) is 19.2 Å². The number of nitrogens with one attached hydrogen (secondary N) is 1. The largest absolute Gasteiger partial charge is 0.495 e. The highest BCUT2D eigenvalue weighted by Crippen LogP contribution is 2.32. The van der Waals surface area contributed by atoms with Crippen molar-refractivity contribution < 1.29 is 17.9 Å². The number of hydrogen-bond donors (Lipinski definition) is 1. The maximum absolute atomic E-state index is 13.5. The molecule has 1 aliphatic heterocycles. The first-order chi connectivity index (χ1) is 16.3. The standard InChI is InChI=1S/C25H30N4O4S/c1-18-9-7-8-15-29(18)34(31,32)22-17-20(12-13-21(22)33-3)25(30)27-23(19-10-5-4-6-11-19)24-26-14-16-28(24)2/h4-6,10-14,16-18,23H,7-9,15H2,1-3H3,(H,27,30)/t18-,23+/m0/s1. The van der Waals surface area contributed by atoms with E-state index >= 15 is 0 Å². The maximum atomic E-state index is 13.5. The van der Waals surface area contributed by atoms with E-state index in [1.807, 2.05) is 55.1 Å². The number of carbonyl (C=O) groups excluding carboxylic acids is 1. The number of imidazole rings is 1. The molecule has 1 aliphatic rings. The number of benzene rings is 2. The Morgan fingerprint density at radius 3 is 2.59 bits per heavy atom. The third-order valence-corrected chi connectivity index (χ3v) is 8.31. The van der Waals surface area contributed by atoms with Crippen molar-refractivity contribution in [3.05, 3.63) is 77.9 Å². The number of amides is 1. The first-order valence-electron chi connectivity index (χ1n) is 11.4. The second-order valence-electron chi connectivity index (χ2n) is 8.54. The van der Waals surface area contributed by atoms with E-state index in [9.17, 15) is 13.2 Å². The van der Waals surface area contributed by atoms with Crippen LogP contribution in [0.15, 0.2) is 65.8 Å². The van der Waals surface area contributed by atoms with Gasteiger partial charge in [0, 0.05) is 37.6 Å². The Balaban J connectivity index is 1.69. The van der Waals surface area contributed by atoms with Crippen LogP contribution in [-0.4, -0.2) is 47.9 Å². The summed E-state index contributed by atoms with van der Waals surface area (Å²) in [5.74, 6) is 0.490. The molecule has 1 N–H and O–H groups in total. The van der Waals surface area contributed by atoms with Crippen LogP contribution in [0.5, 0.6) is 5.75 Å². The Morgan fingerprint density at radius 1 is 1.18 bits per heavy atom. The molecule has 180 valence electrons. The number of carbonyl (C=O) groups is 1. The lowest BCUT2D eigenvalue weighted by molar-refractivity contribution is 0.0941. The van der Waals surface area contributed by atoms with Gasteiger partial charge in [-0.1, -0.05) is 36.8 Å². The monoisotopic (exact) mass is 482 g/mol. The highest BCUT2D eigenvalue weighted by Gasteiger charge is 2.34. The van der Waals surface area contributed by atoms with Crippen LogP contribution in [0.1, 0.15) is 54.0 Å². The number of nitrogens with zero attached hydrogens (tertiary/aromatic N) is 3. The number of rotatable bonds is 7. The molecule has 0 unspecified atom stereocenters. The van der Waals surface area contributed by atoms with Crippen molar-refractivity contribution in [3.8, 4) is 5.75 Å². The van der Waals surface area contributed by atoms with Gasteiger partial charge in [-0.15, -0.1) is 0 Å². The van der Waals surface area contributed by atoms with E-state index in [4.69, 9.17) is 4.74 Å². The summed E-state index contributed by atoms with van der Waals surface area (Å²) in [5.41, 5.74) is 1.10. The van der Waals surface area contributed by atoms with Crippen LogP contribution in [0, 0.1) is 0 Å². The zero-order chi connectivity index (χ0) is 24.3. The van der Waals surface area contributed by atoms with E-state index < -0.39 is 22.0 Å². The van der Waals surface area contributed by atoms with Gasteiger partial charge in [0.15, 0.2) is 0 Å². The smallest absolute Gasteiger partial charge is 0.252 e. The summed E-state index contributed by atoms with van der Waals surface area (Å²) >= 11 is 0. The fourth-order valence-electron chi connectivity index (χ4n) is 4.39. The van der Waals surface area contributed by atoms with Crippen LogP contribution in [0.2, 0.25) is 0 Å². The van der Waals surface area contributed by atoms with E-state index in [-0.39, 0.29) is 22.3 Å². The zero-order valence-corrected chi connectivity index (χ0v) is 20.5. The van der Waals surface area contributed by atoms with Crippen molar-refractivity contribution in [2.24, 2.45) is 7.05 Å². The topological polar surface area (TPSA) is 93.5 Å². The number of piperidine rings is 1. The molecule has 9 heteroatoms. The maximum Gasteiger partial charge on any atom is 0.252 e. The predicted molar refractivity (Wildman–Crippen MR) is 129 cm³/mol. The molecule has 0 aliphatic carbocycles. The van der Waals surface area contributed by atoms with Gasteiger partial charge in [-0.25, -0.2) is 13.4 Å². The number of hydrogen-bond acceptors (Lipinski definition) is 5. The zero-order valence-electron chi connectivity index (χ0n) is 19.6. The minimum absolute atomic E-state index is 0.00431. The van der Waals surface area contributed by atoms with Gasteiger partial charge < -0.3 is 14.6 Å². The summed E-state index contributed by atoms with van der Waals surface area (Å²) in [6, 6.07) is 13.5. The third-order valence-electron chi connectivity index (χ3n) is 6.28. The van der Waals surface area contributed by atoms with Gasteiger partial charge in [-0.05, 0) is 43.5 Å². The average molecular weight is 483 g/mol. The number of ether oxygens (including phenoxy) is 1. The van der Waals surface area contributed by atoms with E-state index in [0.29, 0.717) is 12.4 Å². The van der Waals surface area contributed by atoms with Crippen LogP contribution < -0.4 is 10.1 Å². The van der Waals surface area contributed by atoms with Crippen LogP contribution in [0.25, 0.3) is 0 Å². The van der Waals surface area contributed by atoms with Crippen molar-refractivity contribution in [3.63, 3.8) is 0 Å². The summed E-state index contributed by atoms with van der Waals surface area (Å²) in [5, 5.41) is 3.03. The molecule has 1 aromatic heterocycles. The lowest BCUT2D eigenvalue weighted by Crippen LogP contribution is -2.42. The number of aryl methyl sites for hydroxylation is 1.